The summed E-state index contributed by atoms with van der Waals surface area (Å²) in [6.07, 6.45) is 3.35. The van der Waals surface area contributed by atoms with Crippen LogP contribution in [0.25, 0.3) is 0 Å². The Bertz CT molecular complexity index is 869. The van der Waals surface area contributed by atoms with Gasteiger partial charge in [-0.25, -0.2) is 8.42 Å². The Morgan fingerprint density at radius 2 is 1.92 bits per heavy atom. The van der Waals surface area contributed by atoms with Crippen LogP contribution in [-0.4, -0.2) is 38.0 Å². The summed E-state index contributed by atoms with van der Waals surface area (Å²) in [6, 6.07) is 16.0. The van der Waals surface area contributed by atoms with Gasteiger partial charge in [0.25, 0.3) is 0 Å². The fourth-order valence-corrected chi connectivity index (χ4v) is 5.07. The molecule has 1 amide bonds. The van der Waals surface area contributed by atoms with Gasteiger partial charge in [-0.15, -0.1) is 11.8 Å². The molecule has 1 fully saturated rings. The topological polar surface area (TPSA) is 66.5 Å². The smallest absolute Gasteiger partial charge is 0.243 e. The van der Waals surface area contributed by atoms with Crippen LogP contribution in [0.2, 0.25) is 0 Å². The summed E-state index contributed by atoms with van der Waals surface area (Å²) >= 11 is 1.61. The lowest BCUT2D eigenvalue weighted by molar-refractivity contribution is -0.120. The highest BCUT2D eigenvalue weighted by Crippen LogP contribution is 2.25. The second-order valence-electron chi connectivity index (χ2n) is 6.24. The number of hydrogen-bond acceptors (Lipinski definition) is 4. The Labute approximate surface area is 158 Å². The molecule has 0 spiro atoms. The second-order valence-corrected chi connectivity index (χ2v) is 9.05. The normalized spacial score (nSPS) is 18.4. The first-order valence-corrected chi connectivity index (χ1v) is 11.2. The SMILES string of the molecule is CSc1cccc(NC(=O)C2CCCN(S(=O)(=O)c3ccccc3)C2)c1. The first-order valence-electron chi connectivity index (χ1n) is 8.51. The average Bonchev–Trinajstić information content (AvgIpc) is 2.69. The van der Waals surface area contributed by atoms with Gasteiger partial charge in [0.2, 0.25) is 15.9 Å². The van der Waals surface area contributed by atoms with Gasteiger partial charge in [0.05, 0.1) is 10.8 Å². The predicted octanol–water partition coefficient (Wildman–Crippen LogP) is 3.45. The van der Waals surface area contributed by atoms with E-state index in [9.17, 15) is 13.2 Å². The van der Waals surface area contributed by atoms with E-state index in [1.807, 2.05) is 30.5 Å². The van der Waals surface area contributed by atoms with Gasteiger partial charge in [-0.3, -0.25) is 4.79 Å². The first kappa shape index (κ1) is 18.9. The van der Waals surface area contributed by atoms with Crippen LogP contribution in [0.5, 0.6) is 0 Å². The lowest BCUT2D eigenvalue weighted by atomic mass is 9.99. The number of benzene rings is 2. The molecule has 138 valence electrons. The van der Waals surface area contributed by atoms with Crippen LogP contribution >= 0.6 is 11.8 Å². The Morgan fingerprint density at radius 1 is 1.15 bits per heavy atom. The van der Waals surface area contributed by atoms with Crippen molar-refractivity contribution in [3.05, 3.63) is 54.6 Å². The van der Waals surface area contributed by atoms with E-state index in [1.54, 1.807) is 42.1 Å². The van der Waals surface area contributed by atoms with Gasteiger partial charge in [0, 0.05) is 23.7 Å². The van der Waals surface area contributed by atoms with E-state index in [-0.39, 0.29) is 23.3 Å². The fraction of sp³-hybridized carbons (Fsp3) is 0.316. The number of rotatable bonds is 5. The highest BCUT2D eigenvalue weighted by Gasteiger charge is 2.33. The molecule has 0 radical (unpaired) electrons. The molecule has 1 N–H and O–H groups in total. The Kier molecular flexibility index (Phi) is 6.01. The van der Waals surface area contributed by atoms with Gasteiger partial charge in [-0.1, -0.05) is 24.3 Å². The Hall–Kier alpha value is -1.83. The van der Waals surface area contributed by atoms with Crippen molar-refractivity contribution in [1.29, 1.82) is 0 Å². The van der Waals surface area contributed by atoms with Crippen molar-refractivity contribution in [1.82, 2.24) is 4.31 Å². The van der Waals surface area contributed by atoms with Gasteiger partial charge in [-0.05, 0) is 49.4 Å². The Morgan fingerprint density at radius 3 is 2.65 bits per heavy atom. The highest BCUT2D eigenvalue weighted by atomic mass is 32.2. The maximum atomic E-state index is 12.8. The molecule has 1 atom stereocenters. The number of nitrogens with one attached hydrogen (secondary N) is 1. The number of nitrogens with zero attached hydrogens (tertiary/aromatic N) is 1. The van der Waals surface area contributed by atoms with Crippen molar-refractivity contribution in [2.45, 2.75) is 22.6 Å². The molecule has 5 nitrogen and oxygen atoms in total. The van der Waals surface area contributed by atoms with Crippen LogP contribution in [0.4, 0.5) is 5.69 Å². The van der Waals surface area contributed by atoms with Crippen LogP contribution in [0.3, 0.4) is 0 Å². The van der Waals surface area contributed by atoms with Crippen molar-refractivity contribution in [2.24, 2.45) is 5.92 Å². The highest BCUT2D eigenvalue weighted by molar-refractivity contribution is 7.98. The minimum Gasteiger partial charge on any atom is -0.326 e. The van der Waals surface area contributed by atoms with E-state index in [0.29, 0.717) is 19.4 Å². The molecule has 1 aliphatic heterocycles. The molecule has 0 bridgehead atoms. The van der Waals surface area contributed by atoms with Crippen molar-refractivity contribution in [3.8, 4) is 0 Å². The lowest BCUT2D eigenvalue weighted by Crippen LogP contribution is -2.43. The molecule has 1 unspecified atom stereocenters. The first-order chi connectivity index (χ1) is 12.5. The lowest BCUT2D eigenvalue weighted by Gasteiger charge is -2.31. The molecule has 1 aliphatic rings. The van der Waals surface area contributed by atoms with Crippen LogP contribution < -0.4 is 5.32 Å². The maximum absolute atomic E-state index is 12.8. The molecule has 0 aromatic heterocycles. The van der Waals surface area contributed by atoms with Crippen LogP contribution in [0, 0.1) is 5.92 Å². The van der Waals surface area contributed by atoms with E-state index in [1.165, 1.54) is 4.31 Å². The molecule has 3 rings (SSSR count). The van der Waals surface area contributed by atoms with E-state index in [4.69, 9.17) is 0 Å². The largest absolute Gasteiger partial charge is 0.326 e. The van der Waals surface area contributed by atoms with Crippen LogP contribution in [-0.2, 0) is 14.8 Å². The summed E-state index contributed by atoms with van der Waals surface area (Å²) in [4.78, 5) is 14.0. The van der Waals surface area contributed by atoms with Crippen molar-refractivity contribution in [3.63, 3.8) is 0 Å². The quantitative estimate of drug-likeness (QED) is 0.794. The zero-order valence-corrected chi connectivity index (χ0v) is 16.2. The van der Waals surface area contributed by atoms with E-state index < -0.39 is 10.0 Å². The molecule has 2 aromatic carbocycles. The number of carbonyl (C=O) groups excluding carboxylic acids is 1. The van der Waals surface area contributed by atoms with Crippen LogP contribution in [0.15, 0.2) is 64.4 Å². The monoisotopic (exact) mass is 390 g/mol. The number of anilines is 1. The van der Waals surface area contributed by atoms with Crippen molar-refractivity contribution < 1.29 is 13.2 Å². The number of hydrogen-bond donors (Lipinski definition) is 1. The fourth-order valence-electron chi connectivity index (χ4n) is 3.06. The number of sulfonamides is 1. The number of amides is 1. The van der Waals surface area contributed by atoms with E-state index in [0.717, 1.165) is 10.6 Å². The molecule has 0 aliphatic carbocycles. The zero-order chi connectivity index (χ0) is 18.6. The average molecular weight is 391 g/mol. The minimum absolute atomic E-state index is 0.129. The molecule has 26 heavy (non-hydrogen) atoms. The molecule has 7 heteroatoms. The van der Waals surface area contributed by atoms with E-state index >= 15 is 0 Å². The number of thioether (sulfide) groups is 1. The molecule has 1 saturated heterocycles. The zero-order valence-electron chi connectivity index (χ0n) is 14.6. The summed E-state index contributed by atoms with van der Waals surface area (Å²) in [5.74, 6) is -0.476. The molecular formula is C19H22N2O3S2. The maximum Gasteiger partial charge on any atom is 0.243 e. The molecule has 0 saturated carbocycles. The van der Waals surface area contributed by atoms with E-state index in [2.05, 4.69) is 5.32 Å². The third-order valence-electron chi connectivity index (χ3n) is 4.47. The third kappa shape index (κ3) is 4.28. The van der Waals surface area contributed by atoms with Gasteiger partial charge >= 0.3 is 0 Å². The minimum atomic E-state index is -3.56. The summed E-state index contributed by atoms with van der Waals surface area (Å²) in [5.41, 5.74) is 0.741. The van der Waals surface area contributed by atoms with Crippen LogP contribution in [0.1, 0.15) is 12.8 Å². The summed E-state index contributed by atoms with van der Waals surface area (Å²) in [7, 11) is -3.56. The van der Waals surface area contributed by atoms with Gasteiger partial charge < -0.3 is 5.32 Å². The summed E-state index contributed by atoms with van der Waals surface area (Å²) < 4.78 is 27.0. The van der Waals surface area contributed by atoms with Gasteiger partial charge in [0.15, 0.2) is 0 Å². The Balaban J connectivity index is 1.71. The predicted molar refractivity (Wildman–Crippen MR) is 105 cm³/mol. The van der Waals surface area contributed by atoms with Gasteiger partial charge in [-0.2, -0.15) is 4.31 Å². The molecular weight excluding hydrogens is 368 g/mol. The third-order valence-corrected chi connectivity index (χ3v) is 7.08. The second kappa shape index (κ2) is 8.24. The number of carbonyl (C=O) groups is 1. The molecule has 1 heterocycles. The van der Waals surface area contributed by atoms with Crippen molar-refractivity contribution >= 4 is 33.4 Å². The number of piperidine rings is 1. The standard InChI is InChI=1S/C19H22N2O3S2/c1-25-17-9-5-8-16(13-17)20-19(22)15-7-6-12-21(14-15)26(23,24)18-10-3-2-4-11-18/h2-5,8-11,13,15H,6-7,12,14H2,1H3,(H,20,22). The van der Waals surface area contributed by atoms with Gasteiger partial charge in [0.1, 0.15) is 0 Å². The molecule has 2 aromatic rings. The summed E-state index contributed by atoms with van der Waals surface area (Å²) in [5, 5.41) is 2.92. The summed E-state index contributed by atoms with van der Waals surface area (Å²) in [6.45, 7) is 0.661. The van der Waals surface area contributed by atoms with Crippen molar-refractivity contribution in [2.75, 3.05) is 24.7 Å².